The fourth-order valence-electron chi connectivity index (χ4n) is 7.03. The van der Waals surface area contributed by atoms with E-state index in [1.54, 1.807) is 0 Å². The normalized spacial score (nSPS) is 23.0. The Morgan fingerprint density at radius 1 is 0.775 bits per heavy atom. The summed E-state index contributed by atoms with van der Waals surface area (Å²) in [6.45, 7) is 0.821. The zero-order valence-corrected chi connectivity index (χ0v) is 22.4. The van der Waals surface area contributed by atoms with E-state index in [0.717, 1.165) is 29.7 Å². The number of benzene rings is 4. The molecule has 3 aliphatic rings. The first-order valence-electron chi connectivity index (χ1n) is 14.2. The van der Waals surface area contributed by atoms with Crippen molar-refractivity contribution in [1.29, 1.82) is 0 Å². The lowest BCUT2D eigenvalue weighted by Gasteiger charge is -2.43. The summed E-state index contributed by atoms with van der Waals surface area (Å²) in [6, 6.07) is 34.5. The first kappa shape index (κ1) is 24.9. The molecule has 0 aromatic heterocycles. The van der Waals surface area contributed by atoms with E-state index in [-0.39, 0.29) is 24.1 Å². The minimum absolute atomic E-state index is 0.0339. The third kappa shape index (κ3) is 4.44. The largest absolute Gasteiger partial charge is 0.489 e. The third-order valence-corrected chi connectivity index (χ3v) is 8.95. The zero-order valence-electron chi connectivity index (χ0n) is 22.4. The number of hydrogen-bond donors (Lipinski definition) is 1. The maximum atomic E-state index is 13.4. The van der Waals surface area contributed by atoms with Gasteiger partial charge in [0.05, 0.1) is 5.60 Å². The van der Waals surface area contributed by atoms with Crippen molar-refractivity contribution in [3.05, 3.63) is 125 Å². The highest BCUT2D eigenvalue weighted by Gasteiger charge is 2.50. The number of carbonyl (C=O) groups excluding carboxylic acids is 1. The van der Waals surface area contributed by atoms with E-state index in [1.807, 2.05) is 71.6 Å². The van der Waals surface area contributed by atoms with Gasteiger partial charge in [-0.3, -0.25) is 0 Å². The van der Waals surface area contributed by atoms with Gasteiger partial charge in [0.25, 0.3) is 0 Å². The second-order valence-corrected chi connectivity index (χ2v) is 11.3. The monoisotopic (exact) mass is 531 g/mol. The molecule has 202 valence electrons. The smallest absolute Gasteiger partial charge is 0.410 e. The van der Waals surface area contributed by atoms with Crippen LogP contribution in [0.25, 0.3) is 11.1 Å². The summed E-state index contributed by atoms with van der Waals surface area (Å²) >= 11 is 0. The van der Waals surface area contributed by atoms with Crippen molar-refractivity contribution in [2.24, 2.45) is 0 Å². The van der Waals surface area contributed by atoms with Crippen molar-refractivity contribution >= 4 is 6.09 Å². The van der Waals surface area contributed by atoms with E-state index in [1.165, 1.54) is 22.3 Å². The average Bonchev–Trinajstić information content (AvgIpc) is 3.47. The predicted molar refractivity (Wildman–Crippen MR) is 154 cm³/mol. The van der Waals surface area contributed by atoms with E-state index in [9.17, 15) is 9.90 Å². The lowest BCUT2D eigenvalue weighted by atomic mass is 9.80. The molecule has 5 heteroatoms. The summed E-state index contributed by atoms with van der Waals surface area (Å²) in [5.74, 6) is 0.814. The molecule has 1 N–H and O–H groups in total. The Bertz CT molecular complexity index is 1460. The van der Waals surface area contributed by atoms with Crippen LogP contribution in [0.3, 0.4) is 0 Å². The minimum atomic E-state index is -0.968. The third-order valence-electron chi connectivity index (χ3n) is 8.95. The van der Waals surface area contributed by atoms with Crippen LogP contribution in [0.5, 0.6) is 5.75 Å². The lowest BCUT2D eigenvalue weighted by molar-refractivity contribution is -0.0531. The Hall–Kier alpha value is -4.09. The number of amides is 1. The summed E-state index contributed by atoms with van der Waals surface area (Å²) < 4.78 is 11.9. The standard InChI is InChI=1S/C35H33NO4/c37-34(40-23-33-31-12-6-4-10-29(31)30-11-5-7-13-32(30)33)36-26-16-17-27(36)21-35(38,20-26)25-14-18-28(19-15-25)39-22-24-8-2-1-3-9-24/h1-15,18-19,26-27,33,38H,16-17,20-23H2. The highest BCUT2D eigenvalue weighted by molar-refractivity contribution is 5.79. The molecular formula is C35H33NO4. The van der Waals surface area contributed by atoms with Crippen LogP contribution in [0.2, 0.25) is 0 Å². The average molecular weight is 532 g/mol. The van der Waals surface area contributed by atoms with Crippen LogP contribution in [0.4, 0.5) is 4.79 Å². The van der Waals surface area contributed by atoms with Crippen molar-refractivity contribution in [1.82, 2.24) is 4.90 Å². The molecule has 4 aromatic carbocycles. The molecular weight excluding hydrogens is 498 g/mol. The van der Waals surface area contributed by atoms with Gasteiger partial charge in [-0.25, -0.2) is 4.79 Å². The minimum Gasteiger partial charge on any atom is -0.489 e. The van der Waals surface area contributed by atoms with Gasteiger partial charge in [-0.1, -0.05) is 91.0 Å². The van der Waals surface area contributed by atoms with Gasteiger partial charge in [-0.15, -0.1) is 0 Å². The van der Waals surface area contributed by atoms with Crippen LogP contribution < -0.4 is 4.74 Å². The molecule has 1 aliphatic carbocycles. The van der Waals surface area contributed by atoms with Crippen molar-refractivity contribution < 1.29 is 19.4 Å². The summed E-state index contributed by atoms with van der Waals surface area (Å²) in [4.78, 5) is 15.3. The zero-order chi connectivity index (χ0) is 27.1. The fraction of sp³-hybridized carbons (Fsp3) is 0.286. The van der Waals surface area contributed by atoms with Crippen LogP contribution in [0.1, 0.15) is 53.9 Å². The van der Waals surface area contributed by atoms with Crippen LogP contribution in [0, 0.1) is 0 Å². The van der Waals surface area contributed by atoms with Crippen molar-refractivity contribution in [2.75, 3.05) is 6.61 Å². The van der Waals surface area contributed by atoms with Gasteiger partial charge in [0, 0.05) is 30.8 Å². The quantitative estimate of drug-likeness (QED) is 0.290. The Morgan fingerprint density at radius 2 is 1.35 bits per heavy atom. The number of carbonyl (C=O) groups is 1. The van der Waals surface area contributed by atoms with E-state index >= 15 is 0 Å². The Labute approximate surface area is 235 Å². The van der Waals surface area contributed by atoms with Gasteiger partial charge in [0.1, 0.15) is 19.0 Å². The van der Waals surface area contributed by atoms with Crippen LogP contribution in [0.15, 0.2) is 103 Å². The van der Waals surface area contributed by atoms with Gasteiger partial charge in [-0.2, -0.15) is 0 Å². The summed E-state index contributed by atoms with van der Waals surface area (Å²) in [6.07, 6.45) is 2.53. The van der Waals surface area contributed by atoms with Gasteiger partial charge in [-0.05, 0) is 58.4 Å². The fourth-order valence-corrected chi connectivity index (χ4v) is 7.03. The van der Waals surface area contributed by atoms with Crippen LogP contribution in [-0.4, -0.2) is 34.8 Å². The van der Waals surface area contributed by atoms with Gasteiger partial charge in [0.15, 0.2) is 0 Å². The van der Waals surface area contributed by atoms with Crippen molar-refractivity contribution in [3.63, 3.8) is 0 Å². The molecule has 2 atom stereocenters. The molecule has 1 amide bonds. The number of piperidine rings is 1. The van der Waals surface area contributed by atoms with Crippen molar-refractivity contribution in [2.45, 2.75) is 55.9 Å². The Morgan fingerprint density at radius 3 is 1.98 bits per heavy atom. The SMILES string of the molecule is O=C(OCC1c2ccccc2-c2ccccc21)N1C2CCC1CC(O)(c1ccc(OCc3ccccc3)cc1)C2. The maximum absolute atomic E-state index is 13.4. The van der Waals surface area contributed by atoms with E-state index in [2.05, 4.69) is 36.4 Å². The highest BCUT2D eigenvalue weighted by Crippen LogP contribution is 2.47. The molecule has 2 bridgehead atoms. The first-order chi connectivity index (χ1) is 19.6. The van der Waals surface area contributed by atoms with E-state index < -0.39 is 5.60 Å². The van der Waals surface area contributed by atoms with Gasteiger partial charge >= 0.3 is 6.09 Å². The number of aliphatic hydroxyl groups is 1. The second kappa shape index (κ2) is 10.1. The number of hydrogen-bond acceptors (Lipinski definition) is 4. The number of fused-ring (bicyclic) bond motifs is 5. The molecule has 0 saturated carbocycles. The van der Waals surface area contributed by atoms with Gasteiger partial charge in [0.2, 0.25) is 0 Å². The second-order valence-electron chi connectivity index (χ2n) is 11.3. The molecule has 2 fully saturated rings. The van der Waals surface area contributed by atoms with Crippen LogP contribution >= 0.6 is 0 Å². The lowest BCUT2D eigenvalue weighted by Crippen LogP contribution is -2.52. The number of nitrogens with zero attached hydrogens (tertiary/aromatic N) is 1. The number of ether oxygens (including phenoxy) is 2. The molecule has 0 spiro atoms. The molecule has 40 heavy (non-hydrogen) atoms. The van der Waals surface area contributed by atoms with Crippen molar-refractivity contribution in [3.8, 4) is 16.9 Å². The summed E-state index contributed by atoms with van der Waals surface area (Å²) in [5, 5.41) is 11.7. The number of rotatable bonds is 6. The summed E-state index contributed by atoms with van der Waals surface area (Å²) in [7, 11) is 0. The molecule has 2 saturated heterocycles. The predicted octanol–water partition coefficient (Wildman–Crippen LogP) is 7.03. The molecule has 0 radical (unpaired) electrons. The summed E-state index contributed by atoms with van der Waals surface area (Å²) in [5.41, 5.74) is 5.89. The van der Waals surface area contributed by atoms with E-state index in [0.29, 0.717) is 26.1 Å². The Kier molecular flexibility index (Phi) is 6.32. The first-order valence-corrected chi connectivity index (χ1v) is 14.2. The Balaban J connectivity index is 1.01. The molecule has 5 nitrogen and oxygen atoms in total. The molecule has 4 aromatic rings. The van der Waals surface area contributed by atoms with E-state index in [4.69, 9.17) is 9.47 Å². The maximum Gasteiger partial charge on any atom is 0.410 e. The molecule has 2 unspecified atom stereocenters. The molecule has 7 rings (SSSR count). The van der Waals surface area contributed by atoms with Crippen LogP contribution in [-0.2, 0) is 16.9 Å². The topological polar surface area (TPSA) is 59.0 Å². The highest BCUT2D eigenvalue weighted by atomic mass is 16.6. The van der Waals surface area contributed by atoms with Gasteiger partial charge < -0.3 is 19.5 Å². The molecule has 2 heterocycles. The molecule has 2 aliphatic heterocycles.